The van der Waals surface area contributed by atoms with Crippen molar-refractivity contribution in [1.29, 1.82) is 0 Å². The number of hydrogen-bond donors (Lipinski definition) is 0. The Labute approximate surface area is 121 Å². The summed E-state index contributed by atoms with van der Waals surface area (Å²) in [5, 5.41) is 2.81. The molecule has 2 rings (SSSR count). The van der Waals surface area contributed by atoms with Crippen molar-refractivity contribution in [2.45, 2.75) is 6.42 Å². The normalized spacial score (nSPS) is 10.5. The standard InChI is InChI=1S/C12H7BrCl2OS/c13-8-5-11(17-6-8)10(16)4-7-2-1-3-9(14)12(7)15/h1-3,5-6H,4H2. The quantitative estimate of drug-likeness (QED) is 0.692. The summed E-state index contributed by atoms with van der Waals surface area (Å²) < 4.78 is 0.919. The zero-order valence-corrected chi connectivity index (χ0v) is 12.5. The van der Waals surface area contributed by atoms with E-state index in [0.29, 0.717) is 14.9 Å². The molecule has 88 valence electrons. The molecule has 0 unspecified atom stereocenters. The average Bonchev–Trinajstić information content (AvgIpc) is 2.72. The zero-order chi connectivity index (χ0) is 12.4. The molecule has 0 aliphatic carbocycles. The summed E-state index contributed by atoms with van der Waals surface area (Å²) in [7, 11) is 0. The number of carbonyl (C=O) groups excluding carboxylic acids is 1. The van der Waals surface area contributed by atoms with Crippen LogP contribution in [-0.4, -0.2) is 5.78 Å². The van der Waals surface area contributed by atoms with Gasteiger partial charge in [0, 0.05) is 16.3 Å². The maximum Gasteiger partial charge on any atom is 0.177 e. The second-order valence-corrected chi connectivity index (χ2v) is 6.05. The molecule has 1 aromatic carbocycles. The summed E-state index contributed by atoms with van der Waals surface area (Å²) in [6, 6.07) is 7.13. The van der Waals surface area contributed by atoms with E-state index in [-0.39, 0.29) is 12.2 Å². The van der Waals surface area contributed by atoms with Crippen molar-refractivity contribution >= 4 is 56.3 Å². The molecule has 0 amide bonds. The summed E-state index contributed by atoms with van der Waals surface area (Å²) in [5.74, 6) is 0.0462. The number of Topliss-reactive ketones (excluding diaryl/α,β-unsaturated/α-hetero) is 1. The highest BCUT2D eigenvalue weighted by Gasteiger charge is 2.12. The van der Waals surface area contributed by atoms with Crippen molar-refractivity contribution in [1.82, 2.24) is 0 Å². The van der Waals surface area contributed by atoms with Crippen LogP contribution in [0, 0.1) is 0 Å². The second kappa shape index (κ2) is 5.53. The molecule has 1 nitrogen and oxygen atoms in total. The number of benzene rings is 1. The number of carbonyl (C=O) groups is 1. The number of ketones is 1. The molecule has 2 aromatic rings. The first-order valence-electron chi connectivity index (χ1n) is 4.78. The van der Waals surface area contributed by atoms with Crippen LogP contribution < -0.4 is 0 Å². The minimum absolute atomic E-state index is 0.0462. The SMILES string of the molecule is O=C(Cc1cccc(Cl)c1Cl)c1cc(Br)cs1. The molecule has 1 aromatic heterocycles. The van der Waals surface area contributed by atoms with Gasteiger partial charge in [0.2, 0.25) is 0 Å². The predicted octanol–water partition coefficient (Wildman–Crippen LogP) is 5.24. The van der Waals surface area contributed by atoms with Crippen LogP contribution >= 0.6 is 50.5 Å². The van der Waals surface area contributed by atoms with E-state index in [9.17, 15) is 4.79 Å². The lowest BCUT2D eigenvalue weighted by atomic mass is 10.1. The van der Waals surface area contributed by atoms with Crippen LogP contribution in [0.1, 0.15) is 15.2 Å². The van der Waals surface area contributed by atoms with Crippen molar-refractivity contribution in [2.24, 2.45) is 0 Å². The second-order valence-electron chi connectivity index (χ2n) is 3.44. The van der Waals surface area contributed by atoms with Gasteiger partial charge in [-0.05, 0) is 33.6 Å². The summed E-state index contributed by atoms with van der Waals surface area (Å²) in [5.41, 5.74) is 0.758. The maximum absolute atomic E-state index is 12.0. The van der Waals surface area contributed by atoms with Gasteiger partial charge in [-0.25, -0.2) is 0 Å². The Hall–Kier alpha value is -0.350. The van der Waals surface area contributed by atoms with Gasteiger partial charge < -0.3 is 0 Å². The fourth-order valence-electron chi connectivity index (χ4n) is 1.40. The van der Waals surface area contributed by atoms with Crippen LogP contribution in [0.3, 0.4) is 0 Å². The van der Waals surface area contributed by atoms with Gasteiger partial charge in [-0.1, -0.05) is 35.3 Å². The largest absolute Gasteiger partial charge is 0.293 e. The summed E-state index contributed by atoms with van der Waals surface area (Å²) >= 11 is 16.7. The molecule has 0 saturated carbocycles. The Balaban J connectivity index is 2.21. The van der Waals surface area contributed by atoms with Crippen molar-refractivity contribution < 1.29 is 4.79 Å². The van der Waals surface area contributed by atoms with Crippen LogP contribution in [-0.2, 0) is 6.42 Å². The first kappa shape index (κ1) is 13.1. The first-order valence-corrected chi connectivity index (χ1v) is 7.21. The number of halogens is 3. The van der Waals surface area contributed by atoms with Gasteiger partial charge in [0.1, 0.15) is 0 Å². The summed E-state index contributed by atoms with van der Waals surface area (Å²) in [6.45, 7) is 0. The highest BCUT2D eigenvalue weighted by Crippen LogP contribution is 2.27. The Morgan fingerprint density at radius 2 is 2.12 bits per heavy atom. The van der Waals surface area contributed by atoms with Gasteiger partial charge in [0.25, 0.3) is 0 Å². The average molecular weight is 350 g/mol. The molecule has 0 aliphatic heterocycles. The maximum atomic E-state index is 12.0. The molecule has 1 heterocycles. The first-order chi connectivity index (χ1) is 8.08. The highest BCUT2D eigenvalue weighted by molar-refractivity contribution is 9.10. The van der Waals surface area contributed by atoms with Crippen LogP contribution in [0.15, 0.2) is 34.1 Å². The van der Waals surface area contributed by atoms with E-state index in [4.69, 9.17) is 23.2 Å². The molecule has 0 radical (unpaired) electrons. The fourth-order valence-corrected chi connectivity index (χ4v) is 3.16. The van der Waals surface area contributed by atoms with E-state index in [2.05, 4.69) is 15.9 Å². The van der Waals surface area contributed by atoms with E-state index in [0.717, 1.165) is 10.0 Å². The van der Waals surface area contributed by atoms with Crippen LogP contribution in [0.5, 0.6) is 0 Å². The van der Waals surface area contributed by atoms with Crippen LogP contribution in [0.4, 0.5) is 0 Å². The van der Waals surface area contributed by atoms with Crippen molar-refractivity contribution in [2.75, 3.05) is 0 Å². The van der Waals surface area contributed by atoms with Gasteiger partial charge in [-0.15, -0.1) is 11.3 Å². The molecule has 5 heteroatoms. The summed E-state index contributed by atoms with van der Waals surface area (Å²) in [4.78, 5) is 12.7. The molecule has 0 spiro atoms. The lowest BCUT2D eigenvalue weighted by molar-refractivity contribution is 0.0997. The number of hydrogen-bond acceptors (Lipinski definition) is 2. The Morgan fingerprint density at radius 1 is 1.35 bits per heavy atom. The lowest BCUT2D eigenvalue weighted by Gasteiger charge is -2.03. The molecule has 0 bridgehead atoms. The third kappa shape index (κ3) is 3.10. The van der Waals surface area contributed by atoms with Gasteiger partial charge >= 0.3 is 0 Å². The molecule has 0 aliphatic rings. The van der Waals surface area contributed by atoms with Crippen molar-refractivity contribution in [3.8, 4) is 0 Å². The smallest absolute Gasteiger partial charge is 0.177 e. The molecular weight excluding hydrogens is 343 g/mol. The topological polar surface area (TPSA) is 17.1 Å². The Kier molecular flexibility index (Phi) is 4.26. The molecule has 0 N–H and O–H groups in total. The molecular formula is C12H7BrCl2OS. The van der Waals surface area contributed by atoms with Gasteiger partial charge in [-0.2, -0.15) is 0 Å². The third-order valence-corrected chi connectivity index (χ3v) is 4.82. The lowest BCUT2D eigenvalue weighted by Crippen LogP contribution is -2.01. The summed E-state index contributed by atoms with van der Waals surface area (Å²) in [6.07, 6.45) is 0.270. The van der Waals surface area contributed by atoms with Gasteiger partial charge in [0.05, 0.1) is 14.9 Å². The predicted molar refractivity (Wildman–Crippen MR) is 76.5 cm³/mol. The van der Waals surface area contributed by atoms with Gasteiger partial charge in [-0.3, -0.25) is 4.79 Å². The van der Waals surface area contributed by atoms with Crippen molar-refractivity contribution in [3.63, 3.8) is 0 Å². The van der Waals surface area contributed by atoms with E-state index >= 15 is 0 Å². The monoisotopic (exact) mass is 348 g/mol. The molecule has 0 atom stereocenters. The number of rotatable bonds is 3. The molecule has 0 saturated heterocycles. The van der Waals surface area contributed by atoms with Crippen molar-refractivity contribution in [3.05, 3.63) is 54.6 Å². The van der Waals surface area contributed by atoms with E-state index in [1.54, 1.807) is 12.1 Å². The number of thiophene rings is 1. The van der Waals surface area contributed by atoms with Crippen LogP contribution in [0.25, 0.3) is 0 Å². The fraction of sp³-hybridized carbons (Fsp3) is 0.0833. The minimum Gasteiger partial charge on any atom is -0.293 e. The van der Waals surface area contributed by atoms with E-state index in [1.165, 1.54) is 11.3 Å². The van der Waals surface area contributed by atoms with Crippen LogP contribution in [0.2, 0.25) is 10.0 Å². The Morgan fingerprint density at radius 3 is 2.76 bits per heavy atom. The van der Waals surface area contributed by atoms with E-state index in [1.807, 2.05) is 17.5 Å². The minimum atomic E-state index is 0.0462. The zero-order valence-electron chi connectivity index (χ0n) is 8.54. The molecule has 17 heavy (non-hydrogen) atoms. The van der Waals surface area contributed by atoms with Gasteiger partial charge in [0.15, 0.2) is 5.78 Å². The Bertz CT molecular complexity index is 565. The third-order valence-electron chi connectivity index (χ3n) is 2.22. The highest BCUT2D eigenvalue weighted by atomic mass is 79.9. The molecule has 0 fully saturated rings. The van der Waals surface area contributed by atoms with E-state index < -0.39 is 0 Å².